The first kappa shape index (κ1) is 13.2. The van der Waals surface area contributed by atoms with Crippen LogP contribution < -0.4 is 5.32 Å². The Morgan fingerprint density at radius 2 is 1.95 bits per heavy atom. The number of hydrogen-bond acceptors (Lipinski definition) is 4. The Labute approximate surface area is 118 Å². The van der Waals surface area contributed by atoms with E-state index in [1.165, 1.54) is 0 Å². The minimum Gasteiger partial charge on any atom is -0.508 e. The number of nitrogens with zero attached hydrogens (tertiary/aromatic N) is 1. The number of phenolic OH excluding ortho intramolecular Hbond substituents is 1. The highest BCUT2D eigenvalue weighted by molar-refractivity contribution is 5.92. The molecular weight excluding hydrogens is 252 g/mol. The Kier molecular flexibility index (Phi) is 3.74. The van der Waals surface area contributed by atoms with Crippen molar-refractivity contribution in [1.82, 2.24) is 4.98 Å². The number of anilines is 1. The Balaban J connectivity index is 1.72. The monoisotopic (exact) mass is 272 g/mol. The SMILES string of the molecule is Oc1ccc2ccnc(NCC3CCC(O)CC3)c2c1. The van der Waals surface area contributed by atoms with Crippen molar-refractivity contribution in [2.45, 2.75) is 31.8 Å². The molecule has 1 heterocycles. The van der Waals surface area contributed by atoms with Crippen LogP contribution in [-0.2, 0) is 0 Å². The fraction of sp³-hybridized carbons (Fsp3) is 0.438. The maximum absolute atomic E-state index is 9.62. The van der Waals surface area contributed by atoms with Crippen LogP contribution in [-0.4, -0.2) is 27.8 Å². The molecule has 0 aliphatic heterocycles. The maximum Gasteiger partial charge on any atom is 0.133 e. The second-order valence-corrected chi connectivity index (χ2v) is 5.62. The third-order valence-electron chi connectivity index (χ3n) is 4.12. The second kappa shape index (κ2) is 5.67. The molecule has 0 atom stereocenters. The Morgan fingerprint density at radius 1 is 1.15 bits per heavy atom. The second-order valence-electron chi connectivity index (χ2n) is 5.62. The van der Waals surface area contributed by atoms with Gasteiger partial charge in [-0.2, -0.15) is 0 Å². The predicted molar refractivity (Wildman–Crippen MR) is 79.9 cm³/mol. The number of hydrogen-bond donors (Lipinski definition) is 3. The third-order valence-corrected chi connectivity index (χ3v) is 4.12. The summed E-state index contributed by atoms with van der Waals surface area (Å²) in [7, 11) is 0. The highest BCUT2D eigenvalue weighted by Crippen LogP contribution is 2.27. The first-order chi connectivity index (χ1) is 9.72. The van der Waals surface area contributed by atoms with Crippen molar-refractivity contribution in [3.63, 3.8) is 0 Å². The van der Waals surface area contributed by atoms with Crippen LogP contribution in [0.1, 0.15) is 25.7 Å². The number of benzene rings is 1. The fourth-order valence-electron chi connectivity index (χ4n) is 2.89. The van der Waals surface area contributed by atoms with E-state index in [2.05, 4.69) is 10.3 Å². The zero-order valence-electron chi connectivity index (χ0n) is 11.4. The zero-order chi connectivity index (χ0) is 13.9. The third kappa shape index (κ3) is 2.85. The van der Waals surface area contributed by atoms with Crippen molar-refractivity contribution in [2.24, 2.45) is 5.92 Å². The summed E-state index contributed by atoms with van der Waals surface area (Å²) in [4.78, 5) is 4.38. The molecule has 4 nitrogen and oxygen atoms in total. The molecule has 2 aromatic rings. The normalized spacial score (nSPS) is 22.9. The predicted octanol–water partition coefficient (Wildman–Crippen LogP) is 2.90. The Morgan fingerprint density at radius 3 is 2.75 bits per heavy atom. The first-order valence-electron chi connectivity index (χ1n) is 7.22. The molecule has 1 aliphatic carbocycles. The number of rotatable bonds is 3. The largest absolute Gasteiger partial charge is 0.508 e. The van der Waals surface area contributed by atoms with Gasteiger partial charge < -0.3 is 15.5 Å². The van der Waals surface area contributed by atoms with Gasteiger partial charge >= 0.3 is 0 Å². The molecule has 0 saturated heterocycles. The molecule has 106 valence electrons. The highest BCUT2D eigenvalue weighted by Gasteiger charge is 2.19. The van der Waals surface area contributed by atoms with Gasteiger partial charge in [-0.15, -0.1) is 0 Å². The molecule has 4 heteroatoms. The number of aromatic nitrogens is 1. The van der Waals surface area contributed by atoms with Gasteiger partial charge in [0.2, 0.25) is 0 Å². The van der Waals surface area contributed by atoms with Crippen LogP contribution in [0.25, 0.3) is 10.8 Å². The van der Waals surface area contributed by atoms with Crippen LogP contribution in [0.2, 0.25) is 0 Å². The van der Waals surface area contributed by atoms with Gasteiger partial charge in [-0.3, -0.25) is 0 Å². The lowest BCUT2D eigenvalue weighted by molar-refractivity contribution is 0.111. The van der Waals surface area contributed by atoms with Crippen LogP contribution in [0.3, 0.4) is 0 Å². The van der Waals surface area contributed by atoms with Gasteiger partial charge in [-0.05, 0) is 55.2 Å². The minimum absolute atomic E-state index is 0.112. The lowest BCUT2D eigenvalue weighted by Gasteiger charge is -2.25. The minimum atomic E-state index is -0.112. The van der Waals surface area contributed by atoms with Gasteiger partial charge in [0.1, 0.15) is 11.6 Å². The van der Waals surface area contributed by atoms with Crippen molar-refractivity contribution in [3.8, 4) is 5.75 Å². The molecule has 0 spiro atoms. The number of aromatic hydroxyl groups is 1. The molecule has 0 unspecified atom stereocenters. The molecule has 1 aliphatic rings. The molecule has 0 amide bonds. The summed E-state index contributed by atoms with van der Waals surface area (Å²) in [6.07, 6.45) is 5.59. The molecular formula is C16H20N2O2. The van der Waals surface area contributed by atoms with Crippen LogP contribution >= 0.6 is 0 Å². The van der Waals surface area contributed by atoms with Gasteiger partial charge in [0.15, 0.2) is 0 Å². The molecule has 1 aromatic heterocycles. The number of pyridine rings is 1. The van der Waals surface area contributed by atoms with Gasteiger partial charge in [0.05, 0.1) is 6.10 Å². The standard InChI is InChI=1S/C16H20N2O2/c19-13-4-1-11(2-5-13)10-18-16-15-9-14(20)6-3-12(15)7-8-17-16/h3,6-9,11,13,19-20H,1-2,4-5,10H2,(H,17,18). The summed E-state index contributed by atoms with van der Waals surface area (Å²) >= 11 is 0. The number of phenols is 1. The molecule has 3 N–H and O–H groups in total. The lowest BCUT2D eigenvalue weighted by Crippen LogP contribution is -2.23. The van der Waals surface area contributed by atoms with Gasteiger partial charge in [-0.1, -0.05) is 6.07 Å². The smallest absolute Gasteiger partial charge is 0.133 e. The Hall–Kier alpha value is -1.81. The van der Waals surface area contributed by atoms with Gasteiger partial charge in [-0.25, -0.2) is 4.98 Å². The van der Waals surface area contributed by atoms with E-state index in [1.807, 2.05) is 12.1 Å². The lowest BCUT2D eigenvalue weighted by atomic mass is 9.87. The molecule has 1 saturated carbocycles. The maximum atomic E-state index is 9.62. The number of nitrogens with one attached hydrogen (secondary N) is 1. The summed E-state index contributed by atoms with van der Waals surface area (Å²) in [6, 6.07) is 7.27. The molecule has 3 rings (SSSR count). The average Bonchev–Trinajstić information content (AvgIpc) is 2.47. The molecule has 1 fully saturated rings. The molecule has 0 bridgehead atoms. The van der Waals surface area contributed by atoms with E-state index in [-0.39, 0.29) is 11.9 Å². The molecule has 0 radical (unpaired) electrons. The fourth-order valence-corrected chi connectivity index (χ4v) is 2.89. The topological polar surface area (TPSA) is 65.4 Å². The van der Waals surface area contributed by atoms with E-state index in [1.54, 1.807) is 18.3 Å². The van der Waals surface area contributed by atoms with Gasteiger partial charge in [0.25, 0.3) is 0 Å². The van der Waals surface area contributed by atoms with E-state index in [0.717, 1.165) is 48.8 Å². The molecule has 1 aromatic carbocycles. The number of aliphatic hydroxyl groups is 1. The van der Waals surface area contributed by atoms with E-state index in [9.17, 15) is 10.2 Å². The highest BCUT2D eigenvalue weighted by atomic mass is 16.3. The summed E-state index contributed by atoms with van der Waals surface area (Å²) < 4.78 is 0. The van der Waals surface area contributed by atoms with Crippen molar-refractivity contribution < 1.29 is 10.2 Å². The quantitative estimate of drug-likeness (QED) is 0.804. The average molecular weight is 272 g/mol. The van der Waals surface area contributed by atoms with Crippen LogP contribution in [0.5, 0.6) is 5.75 Å². The summed E-state index contributed by atoms with van der Waals surface area (Å²) in [5, 5.41) is 24.6. The molecule has 20 heavy (non-hydrogen) atoms. The van der Waals surface area contributed by atoms with E-state index < -0.39 is 0 Å². The summed E-state index contributed by atoms with van der Waals surface area (Å²) in [6.45, 7) is 0.870. The van der Waals surface area contributed by atoms with Crippen LogP contribution in [0.15, 0.2) is 30.5 Å². The summed E-state index contributed by atoms with van der Waals surface area (Å²) in [5.74, 6) is 1.67. The van der Waals surface area contributed by atoms with Crippen molar-refractivity contribution in [1.29, 1.82) is 0 Å². The van der Waals surface area contributed by atoms with E-state index in [4.69, 9.17) is 0 Å². The van der Waals surface area contributed by atoms with E-state index in [0.29, 0.717) is 5.92 Å². The number of fused-ring (bicyclic) bond motifs is 1. The van der Waals surface area contributed by atoms with Crippen LogP contribution in [0.4, 0.5) is 5.82 Å². The van der Waals surface area contributed by atoms with Crippen molar-refractivity contribution in [2.75, 3.05) is 11.9 Å². The summed E-state index contributed by atoms with van der Waals surface area (Å²) in [5.41, 5.74) is 0. The van der Waals surface area contributed by atoms with Crippen molar-refractivity contribution >= 4 is 16.6 Å². The van der Waals surface area contributed by atoms with Crippen LogP contribution in [0, 0.1) is 5.92 Å². The number of aliphatic hydroxyl groups excluding tert-OH is 1. The Bertz CT molecular complexity index is 592. The van der Waals surface area contributed by atoms with Crippen molar-refractivity contribution in [3.05, 3.63) is 30.5 Å². The van der Waals surface area contributed by atoms with Gasteiger partial charge in [0, 0.05) is 18.1 Å². The first-order valence-corrected chi connectivity index (χ1v) is 7.22. The zero-order valence-corrected chi connectivity index (χ0v) is 11.4. The van der Waals surface area contributed by atoms with E-state index >= 15 is 0 Å².